The zero-order valence-electron chi connectivity index (χ0n) is 19.7. The average molecular weight is 492 g/mol. The van der Waals surface area contributed by atoms with Crippen molar-refractivity contribution >= 4 is 26.8 Å². The average Bonchev–Trinajstić information content (AvgIpc) is 3.27. The fraction of sp³-hybridized carbons (Fsp3) is 0.222. The van der Waals surface area contributed by atoms with Crippen LogP contribution in [0.1, 0.15) is 16.7 Å². The minimum Gasteiger partial charge on any atom is -0.497 e. The Bertz CT molecular complexity index is 1390. The normalized spacial score (nSPS) is 12.4. The van der Waals surface area contributed by atoms with Crippen molar-refractivity contribution in [3.8, 4) is 5.75 Å². The van der Waals surface area contributed by atoms with E-state index in [2.05, 4.69) is 15.0 Å². The molecule has 0 fully saturated rings. The minimum absolute atomic E-state index is 0.123. The zero-order valence-corrected chi connectivity index (χ0v) is 20.6. The van der Waals surface area contributed by atoms with E-state index in [0.29, 0.717) is 13.0 Å². The van der Waals surface area contributed by atoms with E-state index in [0.717, 1.165) is 33.3 Å². The number of amides is 1. The SMILES string of the molecule is COc1ccc(CCNC(=O)[C@H](Cc2c[nH]c3ccccc23)NS(=O)(=O)c2ccc(C)cc2)cc1. The van der Waals surface area contributed by atoms with Gasteiger partial charge in [-0.25, -0.2) is 8.42 Å². The summed E-state index contributed by atoms with van der Waals surface area (Å²) in [6.07, 6.45) is 2.65. The molecule has 7 nitrogen and oxygen atoms in total. The van der Waals surface area contributed by atoms with Crippen molar-refractivity contribution in [3.63, 3.8) is 0 Å². The van der Waals surface area contributed by atoms with Crippen LogP contribution in [0, 0.1) is 6.92 Å². The number of benzene rings is 3. The van der Waals surface area contributed by atoms with Gasteiger partial charge in [-0.1, -0.05) is 48.0 Å². The number of carbonyl (C=O) groups is 1. The molecule has 4 aromatic rings. The smallest absolute Gasteiger partial charge is 0.241 e. The number of nitrogens with one attached hydrogen (secondary N) is 3. The van der Waals surface area contributed by atoms with Crippen molar-refractivity contribution in [1.82, 2.24) is 15.0 Å². The lowest BCUT2D eigenvalue weighted by molar-refractivity contribution is -0.122. The second-order valence-corrected chi connectivity index (χ2v) is 10.2. The van der Waals surface area contributed by atoms with Gasteiger partial charge in [0, 0.05) is 23.6 Å². The Balaban J connectivity index is 1.51. The van der Waals surface area contributed by atoms with Gasteiger partial charge in [0.15, 0.2) is 0 Å². The maximum Gasteiger partial charge on any atom is 0.241 e. The molecule has 4 rings (SSSR count). The van der Waals surface area contributed by atoms with Crippen LogP contribution in [0.15, 0.2) is 83.9 Å². The highest BCUT2D eigenvalue weighted by Crippen LogP contribution is 2.20. The molecule has 0 aliphatic carbocycles. The van der Waals surface area contributed by atoms with E-state index < -0.39 is 16.1 Å². The molecule has 3 N–H and O–H groups in total. The van der Waals surface area contributed by atoms with E-state index >= 15 is 0 Å². The van der Waals surface area contributed by atoms with Gasteiger partial charge < -0.3 is 15.0 Å². The first kappa shape index (κ1) is 24.5. The number of methoxy groups -OCH3 is 1. The van der Waals surface area contributed by atoms with Gasteiger partial charge in [0.25, 0.3) is 0 Å². The third kappa shape index (κ3) is 6.09. The predicted octanol–water partition coefficient (Wildman–Crippen LogP) is 3.73. The first-order chi connectivity index (χ1) is 16.9. The predicted molar refractivity (Wildman–Crippen MR) is 137 cm³/mol. The summed E-state index contributed by atoms with van der Waals surface area (Å²) in [5.74, 6) is 0.390. The van der Waals surface area contributed by atoms with E-state index in [-0.39, 0.29) is 17.2 Å². The molecule has 0 unspecified atom stereocenters. The van der Waals surface area contributed by atoms with Crippen molar-refractivity contribution in [2.75, 3.05) is 13.7 Å². The van der Waals surface area contributed by atoms with E-state index in [1.54, 1.807) is 31.4 Å². The first-order valence-corrected chi connectivity index (χ1v) is 12.9. The van der Waals surface area contributed by atoms with Crippen LogP contribution in [0.3, 0.4) is 0 Å². The molecule has 0 spiro atoms. The number of hydrogen-bond donors (Lipinski definition) is 3. The number of para-hydroxylation sites is 1. The van der Waals surface area contributed by atoms with Crippen LogP contribution in [0.4, 0.5) is 0 Å². The van der Waals surface area contributed by atoms with Crippen molar-refractivity contribution in [3.05, 3.63) is 95.7 Å². The molecule has 0 radical (unpaired) electrons. The molecule has 8 heteroatoms. The molecule has 0 saturated heterocycles. The Morgan fingerprint density at radius 1 is 1.00 bits per heavy atom. The highest BCUT2D eigenvalue weighted by atomic mass is 32.2. The number of H-pyrrole nitrogens is 1. The van der Waals surface area contributed by atoms with Gasteiger partial charge in [-0.05, 0) is 61.2 Å². The molecule has 35 heavy (non-hydrogen) atoms. The molecule has 3 aromatic carbocycles. The Labute approximate surface area is 205 Å². The first-order valence-electron chi connectivity index (χ1n) is 11.4. The summed E-state index contributed by atoms with van der Waals surface area (Å²) >= 11 is 0. The third-order valence-electron chi connectivity index (χ3n) is 5.92. The van der Waals surface area contributed by atoms with Gasteiger partial charge in [-0.2, -0.15) is 4.72 Å². The Kier molecular flexibility index (Phi) is 7.53. The molecule has 0 bridgehead atoms. The van der Waals surface area contributed by atoms with E-state index in [4.69, 9.17) is 4.74 Å². The van der Waals surface area contributed by atoms with Crippen molar-refractivity contribution in [2.24, 2.45) is 0 Å². The number of fused-ring (bicyclic) bond motifs is 1. The van der Waals surface area contributed by atoms with E-state index in [9.17, 15) is 13.2 Å². The number of carbonyl (C=O) groups excluding carboxylic acids is 1. The molecule has 182 valence electrons. The maximum atomic E-state index is 13.2. The molecule has 0 saturated carbocycles. The molecule has 1 aromatic heterocycles. The standard InChI is InChI=1S/C27H29N3O4S/c1-19-7-13-23(14-8-19)35(32,33)30-26(17-21-18-29-25-6-4-3-5-24(21)25)27(31)28-16-15-20-9-11-22(34-2)12-10-20/h3-14,18,26,29-30H,15-17H2,1-2H3,(H,28,31)/t26-/m0/s1. The lowest BCUT2D eigenvalue weighted by Gasteiger charge is -2.19. The summed E-state index contributed by atoms with van der Waals surface area (Å²) < 4.78 is 34.0. The second kappa shape index (κ2) is 10.8. The molecule has 0 aliphatic heterocycles. The topological polar surface area (TPSA) is 100 Å². The maximum absolute atomic E-state index is 13.2. The summed E-state index contributed by atoms with van der Waals surface area (Å²) in [5.41, 5.74) is 3.79. The van der Waals surface area contributed by atoms with Crippen molar-refractivity contribution < 1.29 is 17.9 Å². The van der Waals surface area contributed by atoms with Crippen molar-refractivity contribution in [1.29, 1.82) is 0 Å². The van der Waals surface area contributed by atoms with Gasteiger partial charge >= 0.3 is 0 Å². The molecule has 1 atom stereocenters. The van der Waals surface area contributed by atoms with Gasteiger partial charge in [-0.3, -0.25) is 4.79 Å². The molecular formula is C27H29N3O4S. The summed E-state index contributed by atoms with van der Waals surface area (Å²) in [7, 11) is -2.29. The summed E-state index contributed by atoms with van der Waals surface area (Å²) in [6.45, 7) is 2.27. The number of rotatable bonds is 10. The Morgan fingerprint density at radius 3 is 2.43 bits per heavy atom. The molecule has 1 amide bonds. The van der Waals surface area contributed by atoms with Crippen LogP contribution in [0.2, 0.25) is 0 Å². The number of aryl methyl sites for hydroxylation is 1. The Morgan fingerprint density at radius 2 is 1.71 bits per heavy atom. The van der Waals surface area contributed by atoms with Gasteiger partial charge in [-0.15, -0.1) is 0 Å². The fourth-order valence-corrected chi connectivity index (χ4v) is 5.12. The minimum atomic E-state index is -3.90. The highest BCUT2D eigenvalue weighted by molar-refractivity contribution is 7.89. The number of aromatic amines is 1. The lowest BCUT2D eigenvalue weighted by atomic mass is 10.0. The Hall–Kier alpha value is -3.62. The van der Waals surface area contributed by atoms with Crippen LogP contribution >= 0.6 is 0 Å². The number of sulfonamides is 1. The zero-order chi connectivity index (χ0) is 24.8. The van der Waals surface area contributed by atoms with Crippen molar-refractivity contribution in [2.45, 2.75) is 30.7 Å². The van der Waals surface area contributed by atoms with Crippen LogP contribution in [-0.4, -0.2) is 39.0 Å². The van der Waals surface area contributed by atoms with E-state index in [1.807, 2.05) is 61.7 Å². The van der Waals surface area contributed by atoms with Crippen LogP contribution in [0.25, 0.3) is 10.9 Å². The third-order valence-corrected chi connectivity index (χ3v) is 7.40. The van der Waals surface area contributed by atoms with Crippen LogP contribution in [-0.2, 0) is 27.7 Å². The summed E-state index contributed by atoms with van der Waals surface area (Å²) in [5, 5.41) is 3.85. The van der Waals surface area contributed by atoms with Gasteiger partial charge in [0.2, 0.25) is 15.9 Å². The number of ether oxygens (including phenoxy) is 1. The van der Waals surface area contributed by atoms with Crippen LogP contribution in [0.5, 0.6) is 5.75 Å². The highest BCUT2D eigenvalue weighted by Gasteiger charge is 2.27. The lowest BCUT2D eigenvalue weighted by Crippen LogP contribution is -2.48. The fourth-order valence-electron chi connectivity index (χ4n) is 3.93. The summed E-state index contributed by atoms with van der Waals surface area (Å²) in [6, 6.07) is 20.9. The van der Waals surface area contributed by atoms with Gasteiger partial charge in [0.05, 0.1) is 12.0 Å². The number of hydrogen-bond acceptors (Lipinski definition) is 4. The molecule has 0 aliphatic rings. The van der Waals surface area contributed by atoms with Gasteiger partial charge in [0.1, 0.15) is 11.8 Å². The van der Waals surface area contributed by atoms with Crippen LogP contribution < -0.4 is 14.8 Å². The molecular weight excluding hydrogens is 462 g/mol. The largest absolute Gasteiger partial charge is 0.497 e. The summed E-state index contributed by atoms with van der Waals surface area (Å²) in [4.78, 5) is 16.5. The quantitative estimate of drug-likeness (QED) is 0.315. The van der Waals surface area contributed by atoms with E-state index in [1.165, 1.54) is 0 Å². The molecule has 1 heterocycles. The number of aromatic nitrogens is 1. The second-order valence-electron chi connectivity index (χ2n) is 8.44. The monoisotopic (exact) mass is 491 g/mol.